The first-order chi connectivity index (χ1) is 10.1. The van der Waals surface area contributed by atoms with Gasteiger partial charge in [-0.25, -0.2) is 4.39 Å². The molecule has 5 heteroatoms. The molecule has 1 heterocycles. The predicted molar refractivity (Wildman–Crippen MR) is 86.2 cm³/mol. The number of hydrogen-bond donors (Lipinski definition) is 1. The lowest BCUT2D eigenvalue weighted by Gasteiger charge is -2.15. The predicted octanol–water partition coefficient (Wildman–Crippen LogP) is 5.30. The molecule has 1 aromatic heterocycles. The number of hydrogen-bond acceptors (Lipinski definition) is 2. The van der Waals surface area contributed by atoms with Crippen molar-refractivity contribution in [3.8, 4) is 0 Å². The zero-order valence-electron chi connectivity index (χ0n) is 11.2. The summed E-state index contributed by atoms with van der Waals surface area (Å²) in [5, 5.41) is 4.63. The van der Waals surface area contributed by atoms with E-state index in [1.807, 2.05) is 18.2 Å². The van der Waals surface area contributed by atoms with Gasteiger partial charge in [-0.3, -0.25) is 0 Å². The second-order valence-corrected chi connectivity index (χ2v) is 5.99. The van der Waals surface area contributed by atoms with Crippen LogP contribution in [0.5, 0.6) is 0 Å². The molecule has 0 saturated carbocycles. The molecular formula is C16H12BrClFNO. The van der Waals surface area contributed by atoms with Crippen LogP contribution in [-0.4, -0.2) is 7.05 Å². The van der Waals surface area contributed by atoms with Crippen LogP contribution in [0.4, 0.5) is 4.39 Å². The minimum Gasteiger partial charge on any atom is -0.459 e. The van der Waals surface area contributed by atoms with Crippen molar-refractivity contribution in [3.63, 3.8) is 0 Å². The highest BCUT2D eigenvalue weighted by atomic mass is 79.9. The van der Waals surface area contributed by atoms with Gasteiger partial charge in [0.05, 0.1) is 10.5 Å². The minimum absolute atomic E-state index is 0.296. The quantitative estimate of drug-likeness (QED) is 0.679. The molecule has 0 amide bonds. The van der Waals surface area contributed by atoms with Crippen LogP contribution in [0.1, 0.15) is 17.4 Å². The van der Waals surface area contributed by atoms with E-state index in [1.165, 1.54) is 0 Å². The summed E-state index contributed by atoms with van der Waals surface area (Å²) >= 11 is 9.19. The Morgan fingerprint density at radius 3 is 2.81 bits per heavy atom. The Bertz CT molecular complexity index is 802. The van der Waals surface area contributed by atoms with E-state index in [-0.39, 0.29) is 11.9 Å². The maximum atomic E-state index is 14.3. The molecule has 21 heavy (non-hydrogen) atoms. The van der Waals surface area contributed by atoms with E-state index < -0.39 is 0 Å². The first-order valence-corrected chi connectivity index (χ1v) is 7.57. The van der Waals surface area contributed by atoms with Crippen LogP contribution in [0.15, 0.2) is 51.4 Å². The molecule has 0 spiro atoms. The normalized spacial score (nSPS) is 12.8. The molecule has 0 aliphatic heterocycles. The summed E-state index contributed by atoms with van der Waals surface area (Å²) in [4.78, 5) is 0. The number of halogens is 3. The summed E-state index contributed by atoms with van der Waals surface area (Å²) in [6, 6.07) is 12.1. The van der Waals surface area contributed by atoms with Gasteiger partial charge in [-0.05, 0) is 53.3 Å². The van der Waals surface area contributed by atoms with Gasteiger partial charge < -0.3 is 9.73 Å². The zero-order valence-corrected chi connectivity index (χ0v) is 13.5. The summed E-state index contributed by atoms with van der Waals surface area (Å²) in [5.41, 5.74) is 1.25. The largest absolute Gasteiger partial charge is 0.459 e. The topological polar surface area (TPSA) is 25.2 Å². The third kappa shape index (κ3) is 2.71. The lowest BCUT2D eigenvalue weighted by molar-refractivity contribution is 0.475. The highest BCUT2D eigenvalue weighted by molar-refractivity contribution is 9.10. The Labute approximate surface area is 135 Å². The van der Waals surface area contributed by atoms with Gasteiger partial charge in [-0.15, -0.1) is 0 Å². The number of rotatable bonds is 3. The third-order valence-electron chi connectivity index (χ3n) is 3.36. The van der Waals surface area contributed by atoms with Crippen LogP contribution in [0.25, 0.3) is 11.0 Å². The maximum Gasteiger partial charge on any atom is 0.142 e. The Hall–Kier alpha value is -1.36. The van der Waals surface area contributed by atoms with Gasteiger partial charge in [-0.1, -0.05) is 23.7 Å². The standard InChI is InChI=1S/C16H12BrClFNO/c1-20-16(11-3-2-4-12(17)15(11)19)14-8-9-7-10(18)5-6-13(9)21-14/h2-8,16,20H,1H3. The molecule has 3 rings (SSSR count). The van der Waals surface area contributed by atoms with Crippen LogP contribution < -0.4 is 5.32 Å². The molecule has 1 unspecified atom stereocenters. The molecule has 3 aromatic rings. The molecule has 0 bridgehead atoms. The van der Waals surface area contributed by atoms with Crippen LogP contribution in [0, 0.1) is 5.82 Å². The van der Waals surface area contributed by atoms with E-state index in [2.05, 4.69) is 21.2 Å². The molecule has 2 aromatic carbocycles. The fourth-order valence-corrected chi connectivity index (χ4v) is 2.93. The summed E-state index contributed by atoms with van der Waals surface area (Å²) in [6.45, 7) is 0. The van der Waals surface area contributed by atoms with Crippen molar-refractivity contribution >= 4 is 38.5 Å². The van der Waals surface area contributed by atoms with E-state index in [0.717, 1.165) is 11.0 Å². The summed E-state index contributed by atoms with van der Waals surface area (Å²) in [6.07, 6.45) is 0. The molecule has 2 nitrogen and oxygen atoms in total. The zero-order chi connectivity index (χ0) is 15.0. The van der Waals surface area contributed by atoms with Gasteiger partial charge in [0.15, 0.2) is 0 Å². The summed E-state index contributed by atoms with van der Waals surface area (Å²) < 4.78 is 20.5. The van der Waals surface area contributed by atoms with Crippen molar-refractivity contribution in [3.05, 3.63) is 69.1 Å². The Kier molecular flexibility index (Phi) is 4.02. The van der Waals surface area contributed by atoms with E-state index in [9.17, 15) is 4.39 Å². The Morgan fingerprint density at radius 1 is 1.24 bits per heavy atom. The second kappa shape index (κ2) is 5.79. The highest BCUT2D eigenvalue weighted by Gasteiger charge is 2.21. The van der Waals surface area contributed by atoms with E-state index in [4.69, 9.17) is 16.0 Å². The van der Waals surface area contributed by atoms with Gasteiger partial charge in [0.25, 0.3) is 0 Å². The van der Waals surface area contributed by atoms with Crippen molar-refractivity contribution < 1.29 is 8.81 Å². The molecule has 0 radical (unpaired) electrons. The molecule has 1 N–H and O–H groups in total. The first kappa shape index (κ1) is 14.6. The van der Waals surface area contributed by atoms with Crippen molar-refractivity contribution in [1.82, 2.24) is 5.32 Å². The number of fused-ring (bicyclic) bond motifs is 1. The fraction of sp³-hybridized carbons (Fsp3) is 0.125. The van der Waals surface area contributed by atoms with Gasteiger partial charge in [0.2, 0.25) is 0 Å². The van der Waals surface area contributed by atoms with Crippen LogP contribution in [0.2, 0.25) is 5.02 Å². The van der Waals surface area contributed by atoms with E-state index >= 15 is 0 Å². The van der Waals surface area contributed by atoms with Gasteiger partial charge in [0, 0.05) is 16.0 Å². The SMILES string of the molecule is CNC(c1cc2cc(Cl)ccc2o1)c1cccc(Br)c1F. The number of benzene rings is 2. The van der Waals surface area contributed by atoms with Crippen molar-refractivity contribution in [2.45, 2.75) is 6.04 Å². The maximum absolute atomic E-state index is 14.3. The van der Waals surface area contributed by atoms with Crippen molar-refractivity contribution in [2.24, 2.45) is 0 Å². The molecule has 0 aliphatic carbocycles. The van der Waals surface area contributed by atoms with Crippen LogP contribution >= 0.6 is 27.5 Å². The Morgan fingerprint density at radius 2 is 2.05 bits per heavy atom. The van der Waals surface area contributed by atoms with Crippen LogP contribution in [-0.2, 0) is 0 Å². The lowest BCUT2D eigenvalue weighted by Crippen LogP contribution is -2.18. The molecular weight excluding hydrogens is 357 g/mol. The minimum atomic E-state index is -0.367. The van der Waals surface area contributed by atoms with Gasteiger partial charge in [0.1, 0.15) is 17.2 Å². The smallest absolute Gasteiger partial charge is 0.142 e. The van der Waals surface area contributed by atoms with Gasteiger partial charge >= 0.3 is 0 Å². The van der Waals surface area contributed by atoms with Crippen molar-refractivity contribution in [1.29, 1.82) is 0 Å². The van der Waals surface area contributed by atoms with E-state index in [1.54, 1.807) is 31.3 Å². The van der Waals surface area contributed by atoms with Crippen LogP contribution in [0.3, 0.4) is 0 Å². The number of furan rings is 1. The van der Waals surface area contributed by atoms with Crippen molar-refractivity contribution in [2.75, 3.05) is 7.05 Å². The second-order valence-electron chi connectivity index (χ2n) is 4.70. The molecule has 1 atom stereocenters. The average molecular weight is 369 g/mol. The Balaban J connectivity index is 2.11. The highest BCUT2D eigenvalue weighted by Crippen LogP contribution is 2.32. The molecule has 108 valence electrons. The average Bonchev–Trinajstić information content (AvgIpc) is 2.87. The van der Waals surface area contributed by atoms with E-state index in [0.29, 0.717) is 20.8 Å². The number of nitrogens with one attached hydrogen (secondary N) is 1. The lowest BCUT2D eigenvalue weighted by atomic mass is 10.0. The molecule has 0 fully saturated rings. The van der Waals surface area contributed by atoms with Gasteiger partial charge in [-0.2, -0.15) is 0 Å². The molecule has 0 saturated heterocycles. The third-order valence-corrected chi connectivity index (χ3v) is 4.21. The first-order valence-electron chi connectivity index (χ1n) is 6.40. The fourth-order valence-electron chi connectivity index (χ4n) is 2.37. The molecule has 0 aliphatic rings. The summed E-state index contributed by atoms with van der Waals surface area (Å²) in [7, 11) is 1.77. The monoisotopic (exact) mass is 367 g/mol. The summed E-state index contributed by atoms with van der Waals surface area (Å²) in [5.74, 6) is 0.349.